The van der Waals surface area contributed by atoms with Crippen molar-refractivity contribution in [1.29, 1.82) is 0 Å². The van der Waals surface area contributed by atoms with Crippen molar-refractivity contribution in [2.24, 2.45) is 26.6 Å². The maximum absolute atomic E-state index is 14.7. The number of likely N-dealkylation sites (tertiary alicyclic amines) is 1. The summed E-state index contributed by atoms with van der Waals surface area (Å²) in [4.78, 5) is 14.7. The van der Waals surface area contributed by atoms with Gasteiger partial charge in [-0.25, -0.2) is 23.8 Å². The molecule has 0 aliphatic carbocycles. The maximum atomic E-state index is 14.7. The molecular weight excluding hydrogens is 358 g/mol. The molecule has 9 heteroatoms. The summed E-state index contributed by atoms with van der Waals surface area (Å²) in [5.41, 5.74) is 11.8. The Morgan fingerprint density at radius 2 is 2.31 bits per heavy atom. The lowest BCUT2D eigenvalue weighted by Gasteiger charge is -2.34. The SMILES string of the molecule is C=C/N=C(\N=C/CF)N1C[C@H]2CSC(N)=N[C@@]2(c2cc(N)ccc2F)C1. The zero-order valence-corrected chi connectivity index (χ0v) is 14.9. The molecule has 6 nitrogen and oxygen atoms in total. The Kier molecular flexibility index (Phi) is 5.26. The number of nitrogen functional groups attached to an aromatic ring is 1. The molecule has 2 atom stereocenters. The number of anilines is 1. The molecule has 1 fully saturated rings. The molecule has 4 N–H and O–H groups in total. The summed E-state index contributed by atoms with van der Waals surface area (Å²) in [6.07, 6.45) is 2.47. The molecule has 1 saturated heterocycles. The van der Waals surface area contributed by atoms with Crippen molar-refractivity contribution in [1.82, 2.24) is 4.90 Å². The molecule has 138 valence electrons. The van der Waals surface area contributed by atoms with Gasteiger partial charge in [-0.3, -0.25) is 0 Å². The minimum absolute atomic E-state index is 0.0216. The number of hydrogen-bond donors (Lipinski definition) is 2. The van der Waals surface area contributed by atoms with E-state index in [1.807, 2.05) is 4.90 Å². The van der Waals surface area contributed by atoms with Crippen LogP contribution in [0.5, 0.6) is 0 Å². The van der Waals surface area contributed by atoms with E-state index >= 15 is 0 Å². The molecule has 0 amide bonds. The van der Waals surface area contributed by atoms with Crippen LogP contribution in [0, 0.1) is 11.7 Å². The number of alkyl halides is 1. The summed E-state index contributed by atoms with van der Waals surface area (Å²) >= 11 is 1.43. The third-order valence-corrected chi connectivity index (χ3v) is 5.47. The highest BCUT2D eigenvalue weighted by atomic mass is 32.2. The number of aliphatic imine (C=N–C) groups is 3. The number of benzene rings is 1. The number of amidine groups is 1. The molecule has 0 aromatic heterocycles. The summed E-state index contributed by atoms with van der Waals surface area (Å²) in [5.74, 6) is 0.582. The van der Waals surface area contributed by atoms with Crippen molar-refractivity contribution < 1.29 is 8.78 Å². The Morgan fingerprint density at radius 3 is 3.04 bits per heavy atom. The average molecular weight is 378 g/mol. The smallest absolute Gasteiger partial charge is 0.225 e. The van der Waals surface area contributed by atoms with Gasteiger partial charge in [0.05, 0.1) is 6.54 Å². The largest absolute Gasteiger partial charge is 0.399 e. The van der Waals surface area contributed by atoms with Crippen molar-refractivity contribution in [3.8, 4) is 0 Å². The number of thioether (sulfide) groups is 1. The van der Waals surface area contributed by atoms with Crippen LogP contribution >= 0.6 is 11.8 Å². The fourth-order valence-corrected chi connectivity index (χ4v) is 4.40. The van der Waals surface area contributed by atoms with Crippen LogP contribution in [0.25, 0.3) is 0 Å². The van der Waals surface area contributed by atoms with Crippen LogP contribution in [0.4, 0.5) is 14.5 Å². The fourth-order valence-electron chi connectivity index (χ4n) is 3.42. The van der Waals surface area contributed by atoms with Gasteiger partial charge in [0.15, 0.2) is 5.17 Å². The van der Waals surface area contributed by atoms with Gasteiger partial charge >= 0.3 is 0 Å². The predicted molar refractivity (Wildman–Crippen MR) is 104 cm³/mol. The monoisotopic (exact) mass is 378 g/mol. The summed E-state index contributed by atoms with van der Waals surface area (Å²) in [6, 6.07) is 4.46. The molecule has 0 bridgehead atoms. The summed E-state index contributed by atoms with van der Waals surface area (Å²) in [6.45, 7) is 3.72. The number of rotatable bonds is 3. The van der Waals surface area contributed by atoms with E-state index in [9.17, 15) is 8.78 Å². The van der Waals surface area contributed by atoms with Gasteiger partial charge in [0.25, 0.3) is 0 Å². The molecular formula is C17H20F2N6S. The minimum Gasteiger partial charge on any atom is -0.399 e. The van der Waals surface area contributed by atoms with Gasteiger partial charge < -0.3 is 16.4 Å². The summed E-state index contributed by atoms with van der Waals surface area (Å²) < 4.78 is 27.2. The molecule has 2 aliphatic heterocycles. The zero-order chi connectivity index (χ0) is 18.7. The molecule has 0 saturated carbocycles. The molecule has 1 aromatic rings. The first-order chi connectivity index (χ1) is 12.5. The van der Waals surface area contributed by atoms with Crippen LogP contribution in [-0.2, 0) is 5.54 Å². The van der Waals surface area contributed by atoms with E-state index in [0.29, 0.717) is 41.2 Å². The highest BCUT2D eigenvalue weighted by molar-refractivity contribution is 8.13. The van der Waals surface area contributed by atoms with Crippen LogP contribution in [0.15, 0.2) is 46.0 Å². The zero-order valence-electron chi connectivity index (χ0n) is 14.1. The van der Waals surface area contributed by atoms with Crippen LogP contribution in [0.1, 0.15) is 5.56 Å². The van der Waals surface area contributed by atoms with Gasteiger partial charge in [-0.2, -0.15) is 0 Å². The Hall–Kier alpha value is -2.42. The predicted octanol–water partition coefficient (Wildman–Crippen LogP) is 2.14. The third kappa shape index (κ3) is 3.31. The van der Waals surface area contributed by atoms with Crippen LogP contribution in [-0.4, -0.2) is 47.8 Å². The van der Waals surface area contributed by atoms with Gasteiger partial charge in [-0.05, 0) is 18.2 Å². The Labute approximate surface area is 154 Å². The average Bonchev–Trinajstić information content (AvgIpc) is 3.00. The van der Waals surface area contributed by atoms with Crippen LogP contribution in [0.3, 0.4) is 0 Å². The Balaban J connectivity index is 2.07. The highest BCUT2D eigenvalue weighted by Crippen LogP contribution is 2.46. The molecule has 0 radical (unpaired) electrons. The van der Waals surface area contributed by atoms with Gasteiger partial charge in [-0.15, -0.1) is 0 Å². The number of halogens is 2. The van der Waals surface area contributed by atoms with Crippen LogP contribution in [0.2, 0.25) is 0 Å². The molecule has 26 heavy (non-hydrogen) atoms. The second-order valence-corrected chi connectivity index (χ2v) is 7.12. The van der Waals surface area contributed by atoms with Crippen molar-refractivity contribution in [2.75, 3.05) is 31.3 Å². The van der Waals surface area contributed by atoms with E-state index in [1.165, 1.54) is 30.1 Å². The fraction of sp³-hybridized carbons (Fsp3) is 0.353. The molecule has 1 aromatic carbocycles. The number of nitrogens with zero attached hydrogens (tertiary/aromatic N) is 4. The van der Waals surface area contributed by atoms with E-state index in [1.54, 1.807) is 6.07 Å². The van der Waals surface area contributed by atoms with Crippen molar-refractivity contribution in [3.63, 3.8) is 0 Å². The molecule has 2 aliphatic rings. The second kappa shape index (κ2) is 7.45. The topological polar surface area (TPSA) is 92.4 Å². The standard InChI is InChI=1S/C17H20F2N6S/c1-2-22-16(23-6-5-18)25-8-11-9-26-15(21)24-17(11,10-25)13-7-12(20)3-4-14(13)19/h2-4,6-7,11H,1,5,8-10,20H2,(H2,21,24)/b22-16+,23-6-/t11-,17-/m0/s1. The third-order valence-electron chi connectivity index (χ3n) is 4.51. The molecule has 2 heterocycles. The lowest BCUT2D eigenvalue weighted by Crippen LogP contribution is -2.41. The van der Waals surface area contributed by atoms with E-state index in [-0.39, 0.29) is 11.7 Å². The number of guanidine groups is 1. The highest BCUT2D eigenvalue weighted by Gasteiger charge is 2.52. The van der Waals surface area contributed by atoms with Crippen molar-refractivity contribution >= 4 is 34.8 Å². The Morgan fingerprint density at radius 1 is 1.50 bits per heavy atom. The van der Waals surface area contributed by atoms with Gasteiger partial charge in [-0.1, -0.05) is 18.3 Å². The summed E-state index contributed by atoms with van der Waals surface area (Å²) in [5, 5.41) is 0.402. The van der Waals surface area contributed by atoms with Gasteiger partial charge in [0, 0.05) is 41.9 Å². The number of fused-ring (bicyclic) bond motifs is 1. The van der Waals surface area contributed by atoms with Gasteiger partial charge in [0.1, 0.15) is 18.0 Å². The van der Waals surface area contributed by atoms with Crippen LogP contribution < -0.4 is 11.5 Å². The van der Waals surface area contributed by atoms with E-state index in [2.05, 4.69) is 21.6 Å². The minimum atomic E-state index is -0.887. The van der Waals surface area contributed by atoms with E-state index < -0.39 is 12.2 Å². The second-order valence-electron chi connectivity index (χ2n) is 6.08. The maximum Gasteiger partial charge on any atom is 0.225 e. The van der Waals surface area contributed by atoms with Crippen molar-refractivity contribution in [3.05, 3.63) is 42.4 Å². The Bertz CT molecular complexity index is 793. The lowest BCUT2D eigenvalue weighted by atomic mass is 9.81. The first kappa shape index (κ1) is 18.4. The normalized spacial score (nSPS) is 26.1. The number of nitrogens with two attached hydrogens (primary N) is 2. The first-order valence-electron chi connectivity index (χ1n) is 8.06. The quantitative estimate of drug-likeness (QED) is 0.479. The molecule has 0 spiro atoms. The van der Waals surface area contributed by atoms with E-state index in [4.69, 9.17) is 11.5 Å². The van der Waals surface area contributed by atoms with E-state index in [0.717, 1.165) is 6.21 Å². The molecule has 0 unspecified atom stereocenters. The molecule has 3 rings (SSSR count). The summed E-state index contributed by atoms with van der Waals surface area (Å²) in [7, 11) is 0. The van der Waals surface area contributed by atoms with Crippen molar-refractivity contribution in [2.45, 2.75) is 5.54 Å². The lowest BCUT2D eigenvalue weighted by molar-refractivity contribution is 0.365. The first-order valence-corrected chi connectivity index (χ1v) is 9.04. The van der Waals surface area contributed by atoms with Gasteiger partial charge in [0.2, 0.25) is 5.96 Å². The number of hydrogen-bond acceptors (Lipinski definition) is 5.